The maximum absolute atomic E-state index is 12.9. The number of fused-ring (bicyclic) bond motifs is 1. The van der Waals surface area contributed by atoms with E-state index in [-0.39, 0.29) is 37.2 Å². The molecular weight excluding hydrogens is 615 g/mol. The standard InChI is InChI=1S/C34H28F3N5O5/c1-19(2)26-13-20(15-38)14-27-30(26)46-32(41-27)22-9-7-21(8-10-22)31(43)40-17-24-18-42(33(44)45-24)29-12-11-23(16-39-29)25-5-3-4-6-28(25)47-34(35,36)37/h3-14,19,23-24H,16-18H2,1-2H3,(H,40,43)/t23?,24-/m1/s1. The first kappa shape index (κ1) is 31.3. The fourth-order valence-corrected chi connectivity index (χ4v) is 5.45. The Morgan fingerprint density at radius 2 is 1.94 bits per heavy atom. The van der Waals surface area contributed by atoms with E-state index in [1.165, 1.54) is 23.1 Å². The van der Waals surface area contributed by atoms with Gasteiger partial charge in [-0.25, -0.2) is 9.78 Å². The molecule has 1 unspecified atom stereocenters. The van der Waals surface area contributed by atoms with Gasteiger partial charge in [-0.15, -0.1) is 13.2 Å². The van der Waals surface area contributed by atoms with E-state index in [1.54, 1.807) is 54.6 Å². The van der Waals surface area contributed by atoms with E-state index in [0.29, 0.717) is 45.1 Å². The number of amides is 2. The van der Waals surface area contributed by atoms with E-state index in [0.717, 1.165) is 5.56 Å². The van der Waals surface area contributed by atoms with Crippen molar-refractivity contribution in [2.45, 2.75) is 38.1 Å². The number of amidine groups is 1. The lowest BCUT2D eigenvalue weighted by Gasteiger charge is -2.22. The van der Waals surface area contributed by atoms with Crippen molar-refractivity contribution < 1.29 is 36.7 Å². The fourth-order valence-electron chi connectivity index (χ4n) is 5.45. The van der Waals surface area contributed by atoms with Crippen LogP contribution in [0.3, 0.4) is 0 Å². The van der Waals surface area contributed by atoms with Gasteiger partial charge in [0.2, 0.25) is 5.89 Å². The Morgan fingerprint density at radius 3 is 2.62 bits per heavy atom. The van der Waals surface area contributed by atoms with Gasteiger partial charge in [0.25, 0.3) is 5.91 Å². The second-order valence-electron chi connectivity index (χ2n) is 11.4. The molecule has 1 N–H and O–H groups in total. The molecule has 0 bridgehead atoms. The van der Waals surface area contributed by atoms with Gasteiger partial charge < -0.3 is 19.2 Å². The molecule has 2 amide bonds. The minimum Gasteiger partial charge on any atom is -0.442 e. The first-order valence-electron chi connectivity index (χ1n) is 14.8. The zero-order valence-electron chi connectivity index (χ0n) is 25.2. The number of oxazole rings is 1. The minimum absolute atomic E-state index is 0.0505. The van der Waals surface area contributed by atoms with Crippen LogP contribution in [-0.2, 0) is 4.74 Å². The average Bonchev–Trinajstić information content (AvgIpc) is 3.66. The smallest absolute Gasteiger partial charge is 0.442 e. The predicted octanol–water partition coefficient (Wildman–Crippen LogP) is 6.69. The van der Waals surface area contributed by atoms with E-state index in [4.69, 9.17) is 9.15 Å². The number of hydrogen-bond donors (Lipinski definition) is 1. The van der Waals surface area contributed by atoms with Crippen LogP contribution in [0.1, 0.15) is 52.7 Å². The quantitative estimate of drug-likeness (QED) is 0.237. The Bertz CT molecular complexity index is 1940. The number of carbonyl (C=O) groups is 2. The van der Waals surface area contributed by atoms with Gasteiger partial charge in [-0.2, -0.15) is 5.26 Å². The van der Waals surface area contributed by atoms with Crippen LogP contribution >= 0.6 is 0 Å². The van der Waals surface area contributed by atoms with Crippen molar-refractivity contribution in [3.63, 3.8) is 0 Å². The van der Waals surface area contributed by atoms with Gasteiger partial charge in [0.15, 0.2) is 5.58 Å². The predicted molar refractivity (Wildman–Crippen MR) is 165 cm³/mol. The SMILES string of the molecule is CC(C)c1cc(C#N)cc2nc(-c3ccc(C(=O)NC[C@@H]4CN(C5=NCC(c6ccccc6OC(F)(F)F)C=C5)C(=O)O4)cc3)oc12. The van der Waals surface area contributed by atoms with Crippen molar-refractivity contribution in [3.8, 4) is 23.3 Å². The molecule has 0 radical (unpaired) electrons. The molecule has 1 aromatic heterocycles. The molecule has 240 valence electrons. The summed E-state index contributed by atoms with van der Waals surface area (Å²) in [7, 11) is 0. The number of benzene rings is 3. The van der Waals surface area contributed by atoms with E-state index in [1.807, 2.05) is 13.8 Å². The molecule has 3 heterocycles. The molecule has 2 aliphatic rings. The number of halogens is 3. The number of ether oxygens (including phenoxy) is 2. The number of rotatable bonds is 7. The number of dihydropyridines is 1. The topological polar surface area (TPSA) is 130 Å². The summed E-state index contributed by atoms with van der Waals surface area (Å²) in [6.45, 7) is 4.30. The summed E-state index contributed by atoms with van der Waals surface area (Å²) in [4.78, 5) is 35.8. The van der Waals surface area contributed by atoms with Crippen LogP contribution in [0.25, 0.3) is 22.6 Å². The molecule has 2 aliphatic heterocycles. The summed E-state index contributed by atoms with van der Waals surface area (Å²) in [5.74, 6) is -0.349. The number of nitriles is 1. The van der Waals surface area contributed by atoms with Crippen LogP contribution in [0.5, 0.6) is 5.75 Å². The summed E-state index contributed by atoms with van der Waals surface area (Å²) in [6.07, 6.45) is -2.89. The average molecular weight is 644 g/mol. The monoisotopic (exact) mass is 643 g/mol. The van der Waals surface area contributed by atoms with Crippen molar-refractivity contribution in [3.05, 3.63) is 95.1 Å². The Kier molecular flexibility index (Phi) is 8.42. The Labute approximate surface area is 267 Å². The van der Waals surface area contributed by atoms with Crippen LogP contribution in [-0.4, -0.2) is 59.8 Å². The molecule has 3 aromatic carbocycles. The number of alkyl halides is 3. The lowest BCUT2D eigenvalue weighted by molar-refractivity contribution is -0.274. The summed E-state index contributed by atoms with van der Waals surface area (Å²) >= 11 is 0. The third kappa shape index (κ3) is 6.81. The molecule has 1 fully saturated rings. The van der Waals surface area contributed by atoms with Crippen molar-refractivity contribution in [1.29, 1.82) is 5.26 Å². The number of carbonyl (C=O) groups excluding carboxylic acids is 2. The molecule has 0 saturated carbocycles. The van der Waals surface area contributed by atoms with Gasteiger partial charge in [0, 0.05) is 28.2 Å². The highest BCUT2D eigenvalue weighted by molar-refractivity contribution is 6.03. The van der Waals surface area contributed by atoms with Crippen LogP contribution < -0.4 is 10.1 Å². The van der Waals surface area contributed by atoms with Crippen LogP contribution in [0.4, 0.5) is 18.0 Å². The molecule has 1 saturated heterocycles. The van der Waals surface area contributed by atoms with Gasteiger partial charge in [0.1, 0.15) is 23.2 Å². The maximum atomic E-state index is 12.9. The molecule has 2 atom stereocenters. The van der Waals surface area contributed by atoms with Crippen molar-refractivity contribution in [2.75, 3.05) is 19.6 Å². The molecule has 10 nitrogen and oxygen atoms in total. The Hall–Kier alpha value is -5.64. The lowest BCUT2D eigenvalue weighted by atomic mass is 9.96. The lowest BCUT2D eigenvalue weighted by Crippen LogP contribution is -2.36. The van der Waals surface area contributed by atoms with E-state index in [9.17, 15) is 28.0 Å². The van der Waals surface area contributed by atoms with Crippen LogP contribution in [0.15, 0.2) is 82.2 Å². The minimum atomic E-state index is -4.83. The maximum Gasteiger partial charge on any atom is 0.573 e. The second-order valence-corrected chi connectivity index (χ2v) is 11.4. The van der Waals surface area contributed by atoms with Crippen molar-refractivity contribution in [1.82, 2.24) is 15.2 Å². The Morgan fingerprint density at radius 1 is 1.17 bits per heavy atom. The molecule has 6 rings (SSSR count). The van der Waals surface area contributed by atoms with Crippen LogP contribution in [0, 0.1) is 11.3 Å². The first-order chi connectivity index (χ1) is 22.5. The molecule has 0 aliphatic carbocycles. The normalized spacial score (nSPS) is 17.9. The van der Waals surface area contributed by atoms with Crippen molar-refractivity contribution >= 4 is 28.9 Å². The van der Waals surface area contributed by atoms with Gasteiger partial charge in [-0.1, -0.05) is 38.1 Å². The number of nitrogens with one attached hydrogen (secondary N) is 1. The van der Waals surface area contributed by atoms with E-state index >= 15 is 0 Å². The molecule has 0 spiro atoms. The fraction of sp³-hybridized carbons (Fsp3) is 0.265. The highest BCUT2D eigenvalue weighted by Crippen LogP contribution is 2.34. The molecule has 47 heavy (non-hydrogen) atoms. The number of aliphatic imine (C=N–C) groups is 1. The zero-order chi connectivity index (χ0) is 33.3. The highest BCUT2D eigenvalue weighted by atomic mass is 19.4. The Balaban J connectivity index is 1.05. The summed E-state index contributed by atoms with van der Waals surface area (Å²) in [6, 6.07) is 18.2. The molecular formula is C34H28F3N5O5. The van der Waals surface area contributed by atoms with Gasteiger partial charge >= 0.3 is 12.5 Å². The number of para-hydroxylation sites is 1. The second kappa shape index (κ2) is 12.6. The van der Waals surface area contributed by atoms with Gasteiger partial charge in [-0.3, -0.25) is 14.7 Å². The molecule has 13 heteroatoms. The number of hydrogen-bond acceptors (Lipinski definition) is 8. The summed E-state index contributed by atoms with van der Waals surface area (Å²) in [5.41, 5.74) is 3.95. The number of aromatic nitrogens is 1. The molecule has 4 aromatic rings. The highest BCUT2D eigenvalue weighted by Gasteiger charge is 2.36. The van der Waals surface area contributed by atoms with Crippen molar-refractivity contribution in [2.24, 2.45) is 4.99 Å². The van der Waals surface area contributed by atoms with E-state index < -0.39 is 24.5 Å². The third-order valence-corrected chi connectivity index (χ3v) is 7.78. The van der Waals surface area contributed by atoms with Crippen LogP contribution in [0.2, 0.25) is 0 Å². The first-order valence-corrected chi connectivity index (χ1v) is 14.8. The number of nitrogens with zero attached hydrogens (tertiary/aromatic N) is 4. The van der Waals surface area contributed by atoms with E-state index in [2.05, 4.69) is 26.1 Å². The summed E-state index contributed by atoms with van der Waals surface area (Å²) in [5, 5.41) is 12.2. The largest absolute Gasteiger partial charge is 0.573 e. The third-order valence-electron chi connectivity index (χ3n) is 7.78. The number of cyclic esters (lactones) is 1. The van der Waals surface area contributed by atoms with Gasteiger partial charge in [-0.05, 0) is 54.5 Å². The zero-order valence-corrected chi connectivity index (χ0v) is 25.2. The summed E-state index contributed by atoms with van der Waals surface area (Å²) < 4.78 is 54.2. The van der Waals surface area contributed by atoms with Gasteiger partial charge in [0.05, 0.1) is 31.3 Å².